The van der Waals surface area contributed by atoms with Gasteiger partial charge in [-0.3, -0.25) is 0 Å². The van der Waals surface area contributed by atoms with Gasteiger partial charge < -0.3 is 10.4 Å². The summed E-state index contributed by atoms with van der Waals surface area (Å²) in [6, 6.07) is 8.53. The summed E-state index contributed by atoms with van der Waals surface area (Å²) in [5.41, 5.74) is 0.784. The molecule has 3 atom stereocenters. The van der Waals surface area contributed by atoms with E-state index in [1.54, 1.807) is 0 Å². The molecule has 2 nitrogen and oxygen atoms in total. The molecule has 116 valence electrons. The molecule has 0 saturated heterocycles. The van der Waals surface area contributed by atoms with Gasteiger partial charge in [-0.25, -0.2) is 0 Å². The van der Waals surface area contributed by atoms with E-state index in [9.17, 15) is 5.11 Å². The molecule has 1 aromatic carbocycles. The van der Waals surface area contributed by atoms with E-state index in [1.807, 2.05) is 12.1 Å². The van der Waals surface area contributed by atoms with Crippen molar-refractivity contribution in [3.05, 3.63) is 34.9 Å². The maximum Gasteiger partial charge on any atom is 0.0774 e. The maximum atomic E-state index is 10.8. The third kappa shape index (κ3) is 4.00. The fourth-order valence-corrected chi connectivity index (χ4v) is 3.88. The number of aliphatic hydroxyl groups is 1. The molecule has 1 aromatic rings. The molecule has 2 aliphatic carbocycles. The van der Waals surface area contributed by atoms with Gasteiger partial charge in [0.2, 0.25) is 0 Å². The molecule has 2 N–H and O–H groups in total. The highest BCUT2D eigenvalue weighted by molar-refractivity contribution is 6.30. The molecule has 0 heterocycles. The molecule has 2 aliphatic rings. The summed E-state index contributed by atoms with van der Waals surface area (Å²) in [5.74, 6) is 1.36. The summed E-state index contributed by atoms with van der Waals surface area (Å²) in [4.78, 5) is 0. The third-order valence-corrected chi connectivity index (χ3v) is 5.29. The molecule has 0 radical (unpaired) electrons. The lowest BCUT2D eigenvalue weighted by atomic mass is 9.78. The van der Waals surface area contributed by atoms with Crippen LogP contribution < -0.4 is 5.32 Å². The van der Waals surface area contributed by atoms with Crippen molar-refractivity contribution < 1.29 is 5.11 Å². The highest BCUT2D eigenvalue weighted by Crippen LogP contribution is 2.42. The van der Waals surface area contributed by atoms with Crippen LogP contribution in [-0.2, 0) is 0 Å². The van der Waals surface area contributed by atoms with Crippen molar-refractivity contribution in [2.75, 3.05) is 6.54 Å². The SMILES string of the molecule is CC1CCCC(O)(CNC(c2ccc(Cl)cc2)C2CC2)C1. The molecule has 0 aliphatic heterocycles. The fraction of sp³-hybridized carbons (Fsp3) is 0.667. The quantitative estimate of drug-likeness (QED) is 0.849. The lowest BCUT2D eigenvalue weighted by molar-refractivity contribution is -0.0142. The van der Waals surface area contributed by atoms with Crippen LogP contribution in [0.25, 0.3) is 0 Å². The van der Waals surface area contributed by atoms with Gasteiger partial charge in [-0.05, 0) is 55.2 Å². The van der Waals surface area contributed by atoms with Gasteiger partial charge in [-0.1, -0.05) is 43.5 Å². The van der Waals surface area contributed by atoms with Crippen molar-refractivity contribution in [1.82, 2.24) is 5.32 Å². The molecule has 3 heteroatoms. The van der Waals surface area contributed by atoms with Gasteiger partial charge in [0.25, 0.3) is 0 Å². The number of benzene rings is 1. The Hall–Kier alpha value is -0.570. The van der Waals surface area contributed by atoms with Gasteiger partial charge in [-0.2, -0.15) is 0 Å². The molecular formula is C18H26ClNO. The van der Waals surface area contributed by atoms with Crippen LogP contribution in [-0.4, -0.2) is 17.3 Å². The molecule has 3 rings (SSSR count). The number of nitrogens with one attached hydrogen (secondary N) is 1. The first-order chi connectivity index (χ1) is 10.1. The Balaban J connectivity index is 1.64. The molecule has 0 aromatic heterocycles. The van der Waals surface area contributed by atoms with Gasteiger partial charge in [0.1, 0.15) is 0 Å². The Kier molecular flexibility index (Phi) is 4.58. The van der Waals surface area contributed by atoms with Crippen molar-refractivity contribution in [3.8, 4) is 0 Å². The van der Waals surface area contributed by atoms with E-state index in [0.29, 0.717) is 18.5 Å². The Morgan fingerprint density at radius 3 is 2.62 bits per heavy atom. The van der Waals surface area contributed by atoms with E-state index in [0.717, 1.165) is 30.2 Å². The van der Waals surface area contributed by atoms with Crippen molar-refractivity contribution in [2.24, 2.45) is 11.8 Å². The van der Waals surface area contributed by atoms with Gasteiger partial charge in [0, 0.05) is 17.6 Å². The summed E-state index contributed by atoms with van der Waals surface area (Å²) < 4.78 is 0. The number of hydrogen-bond acceptors (Lipinski definition) is 2. The lowest BCUT2D eigenvalue weighted by Crippen LogP contribution is -2.45. The van der Waals surface area contributed by atoms with Crippen LogP contribution in [0.1, 0.15) is 57.1 Å². The van der Waals surface area contributed by atoms with E-state index >= 15 is 0 Å². The summed E-state index contributed by atoms with van der Waals surface area (Å²) in [5, 5.41) is 15.2. The number of halogens is 1. The van der Waals surface area contributed by atoms with Crippen molar-refractivity contribution in [2.45, 2.75) is 57.1 Å². The van der Waals surface area contributed by atoms with Gasteiger partial charge in [0.15, 0.2) is 0 Å². The molecule has 21 heavy (non-hydrogen) atoms. The topological polar surface area (TPSA) is 32.3 Å². The van der Waals surface area contributed by atoms with Crippen LogP contribution in [0.2, 0.25) is 5.02 Å². The van der Waals surface area contributed by atoms with Crippen LogP contribution in [0, 0.1) is 11.8 Å². The summed E-state index contributed by atoms with van der Waals surface area (Å²) in [6.45, 7) is 2.96. The molecule has 2 fully saturated rings. The average molecular weight is 308 g/mol. The number of rotatable bonds is 5. The zero-order valence-corrected chi connectivity index (χ0v) is 13.6. The van der Waals surface area contributed by atoms with E-state index in [1.165, 1.54) is 24.8 Å². The minimum Gasteiger partial charge on any atom is -0.389 e. The molecule has 0 spiro atoms. The molecule has 0 bridgehead atoms. The zero-order valence-electron chi connectivity index (χ0n) is 12.8. The van der Waals surface area contributed by atoms with Crippen LogP contribution in [0.15, 0.2) is 24.3 Å². The van der Waals surface area contributed by atoms with E-state index in [2.05, 4.69) is 24.4 Å². The third-order valence-electron chi connectivity index (χ3n) is 5.04. The van der Waals surface area contributed by atoms with Crippen molar-refractivity contribution in [1.29, 1.82) is 0 Å². The van der Waals surface area contributed by atoms with Crippen molar-refractivity contribution in [3.63, 3.8) is 0 Å². The van der Waals surface area contributed by atoms with Crippen LogP contribution in [0.3, 0.4) is 0 Å². The second kappa shape index (κ2) is 6.28. The standard InChI is InChI=1S/C18H26ClNO/c1-13-3-2-10-18(21,11-13)12-20-17(14-4-5-14)15-6-8-16(19)9-7-15/h6-9,13-14,17,20-21H,2-5,10-12H2,1H3. The minimum absolute atomic E-state index is 0.364. The minimum atomic E-state index is -0.517. The van der Waals surface area contributed by atoms with Crippen LogP contribution in [0.5, 0.6) is 0 Å². The van der Waals surface area contributed by atoms with Gasteiger partial charge in [0.05, 0.1) is 5.60 Å². The second-order valence-electron chi connectivity index (χ2n) is 7.17. The molecular weight excluding hydrogens is 282 g/mol. The predicted molar refractivity (Wildman–Crippen MR) is 87.5 cm³/mol. The Morgan fingerprint density at radius 1 is 1.29 bits per heavy atom. The van der Waals surface area contributed by atoms with Crippen LogP contribution in [0.4, 0.5) is 0 Å². The zero-order chi connectivity index (χ0) is 14.9. The first-order valence-corrected chi connectivity index (χ1v) is 8.65. The normalized spacial score (nSPS) is 31.1. The van der Waals surface area contributed by atoms with Gasteiger partial charge >= 0.3 is 0 Å². The van der Waals surface area contributed by atoms with Crippen LogP contribution >= 0.6 is 11.6 Å². The highest BCUT2D eigenvalue weighted by Gasteiger charge is 2.36. The molecule has 0 amide bonds. The molecule has 3 unspecified atom stereocenters. The lowest BCUT2D eigenvalue weighted by Gasteiger charge is -2.37. The van der Waals surface area contributed by atoms with Crippen molar-refractivity contribution >= 4 is 11.6 Å². The smallest absolute Gasteiger partial charge is 0.0774 e. The fourth-order valence-electron chi connectivity index (χ4n) is 3.75. The first-order valence-electron chi connectivity index (χ1n) is 8.27. The second-order valence-corrected chi connectivity index (χ2v) is 7.61. The Labute approximate surface area is 132 Å². The Morgan fingerprint density at radius 2 is 2.00 bits per heavy atom. The van der Waals surface area contributed by atoms with Gasteiger partial charge in [-0.15, -0.1) is 0 Å². The summed E-state index contributed by atoms with van der Waals surface area (Å²) >= 11 is 5.99. The summed E-state index contributed by atoms with van der Waals surface area (Å²) in [7, 11) is 0. The predicted octanol–water partition coefficient (Wildman–Crippen LogP) is 4.32. The average Bonchev–Trinajstić information content (AvgIpc) is 3.25. The van der Waals surface area contributed by atoms with E-state index < -0.39 is 5.60 Å². The number of hydrogen-bond donors (Lipinski definition) is 2. The monoisotopic (exact) mass is 307 g/mol. The Bertz CT molecular complexity index is 471. The highest BCUT2D eigenvalue weighted by atomic mass is 35.5. The molecule has 2 saturated carbocycles. The van der Waals surface area contributed by atoms with E-state index in [4.69, 9.17) is 11.6 Å². The first kappa shape index (κ1) is 15.3. The summed E-state index contributed by atoms with van der Waals surface area (Å²) in [6.07, 6.45) is 6.84. The largest absolute Gasteiger partial charge is 0.389 e. The van der Waals surface area contributed by atoms with E-state index in [-0.39, 0.29) is 0 Å². The maximum absolute atomic E-state index is 10.8.